The van der Waals surface area contributed by atoms with Crippen LogP contribution in [0.4, 0.5) is 0 Å². The van der Waals surface area contributed by atoms with E-state index in [1.54, 1.807) is 7.11 Å². The predicted molar refractivity (Wildman–Crippen MR) is 84.6 cm³/mol. The molecule has 0 aliphatic carbocycles. The number of carboxylic acids is 1. The summed E-state index contributed by atoms with van der Waals surface area (Å²) in [6.07, 6.45) is 1.33. The molecule has 2 rings (SSSR count). The Morgan fingerprint density at radius 1 is 1.43 bits per heavy atom. The highest BCUT2D eigenvalue weighted by atomic mass is 32.2. The first-order chi connectivity index (χ1) is 9.92. The number of thioether (sulfide) groups is 1. The van der Waals surface area contributed by atoms with Crippen LogP contribution in [-0.2, 0) is 10.2 Å². The maximum Gasteiger partial charge on any atom is 0.304 e. The summed E-state index contributed by atoms with van der Waals surface area (Å²) in [5, 5.41) is 9.05. The highest BCUT2D eigenvalue weighted by molar-refractivity contribution is 7.99. The van der Waals surface area contributed by atoms with Crippen LogP contribution in [0.15, 0.2) is 18.2 Å². The van der Waals surface area contributed by atoms with Gasteiger partial charge in [-0.05, 0) is 29.9 Å². The van der Waals surface area contributed by atoms with Gasteiger partial charge in [-0.3, -0.25) is 4.79 Å². The van der Waals surface area contributed by atoms with E-state index in [1.807, 2.05) is 43.8 Å². The van der Waals surface area contributed by atoms with Crippen molar-refractivity contribution in [1.82, 2.24) is 0 Å². The largest absolute Gasteiger partial charge is 0.493 e. The number of hydrogen-bond acceptors (Lipinski definition) is 4. The smallest absolute Gasteiger partial charge is 0.304 e. The lowest BCUT2D eigenvalue weighted by Crippen LogP contribution is -2.22. The number of aliphatic carboxylic acids is 1. The fourth-order valence-electron chi connectivity index (χ4n) is 2.46. The molecule has 0 amide bonds. The van der Waals surface area contributed by atoms with E-state index in [1.165, 1.54) is 0 Å². The fourth-order valence-corrected chi connectivity index (χ4v) is 3.55. The van der Waals surface area contributed by atoms with Crippen molar-refractivity contribution in [1.29, 1.82) is 0 Å². The van der Waals surface area contributed by atoms with Crippen molar-refractivity contribution in [3.8, 4) is 11.5 Å². The molecular formula is C16H22O4S. The molecule has 5 heteroatoms. The Labute approximate surface area is 129 Å². The first-order valence-corrected chi connectivity index (χ1v) is 8.22. The molecule has 4 nitrogen and oxygen atoms in total. The third-order valence-electron chi connectivity index (χ3n) is 3.72. The average Bonchev–Trinajstić information content (AvgIpc) is 2.90. The average molecular weight is 310 g/mol. The predicted octanol–water partition coefficient (Wildman–Crippen LogP) is 3.33. The third-order valence-corrected chi connectivity index (χ3v) is 4.85. The Kier molecular flexibility index (Phi) is 5.04. The number of carboxylic acid groups (broad SMARTS) is 1. The van der Waals surface area contributed by atoms with Crippen molar-refractivity contribution >= 4 is 17.7 Å². The second-order valence-electron chi connectivity index (χ2n) is 5.92. The molecule has 1 saturated heterocycles. The second-order valence-corrected chi connectivity index (χ2v) is 7.07. The molecule has 116 valence electrons. The normalized spacial score (nSPS) is 18.5. The van der Waals surface area contributed by atoms with Crippen molar-refractivity contribution in [3.63, 3.8) is 0 Å². The Morgan fingerprint density at radius 2 is 2.19 bits per heavy atom. The molecule has 0 aromatic heterocycles. The number of methoxy groups -OCH3 is 1. The van der Waals surface area contributed by atoms with E-state index >= 15 is 0 Å². The monoisotopic (exact) mass is 310 g/mol. The quantitative estimate of drug-likeness (QED) is 0.873. The Hall–Kier alpha value is -1.36. The maximum atomic E-state index is 11.0. The summed E-state index contributed by atoms with van der Waals surface area (Å²) in [6.45, 7) is 3.86. The van der Waals surface area contributed by atoms with E-state index < -0.39 is 11.4 Å². The molecule has 1 unspecified atom stereocenters. The van der Waals surface area contributed by atoms with Gasteiger partial charge in [-0.15, -0.1) is 0 Å². The fraction of sp³-hybridized carbons (Fsp3) is 0.562. The molecule has 0 spiro atoms. The van der Waals surface area contributed by atoms with Crippen LogP contribution in [0.5, 0.6) is 11.5 Å². The minimum atomic E-state index is -0.800. The van der Waals surface area contributed by atoms with E-state index in [0.29, 0.717) is 11.5 Å². The van der Waals surface area contributed by atoms with Crippen molar-refractivity contribution in [2.45, 2.75) is 38.2 Å². The molecule has 1 aliphatic heterocycles. The lowest BCUT2D eigenvalue weighted by atomic mass is 9.81. The highest BCUT2D eigenvalue weighted by Gasteiger charge is 2.26. The molecule has 1 aliphatic rings. The van der Waals surface area contributed by atoms with Crippen molar-refractivity contribution in [3.05, 3.63) is 23.8 Å². The molecule has 0 radical (unpaired) electrons. The zero-order valence-electron chi connectivity index (χ0n) is 12.7. The van der Waals surface area contributed by atoms with Gasteiger partial charge in [0.15, 0.2) is 11.5 Å². The summed E-state index contributed by atoms with van der Waals surface area (Å²) < 4.78 is 11.4. The Balaban J connectivity index is 2.25. The summed E-state index contributed by atoms with van der Waals surface area (Å²) in [5.74, 6) is 2.72. The molecular weight excluding hydrogens is 288 g/mol. The number of benzene rings is 1. The molecule has 1 fully saturated rings. The van der Waals surface area contributed by atoms with Gasteiger partial charge in [-0.25, -0.2) is 0 Å². The van der Waals surface area contributed by atoms with E-state index in [4.69, 9.17) is 14.6 Å². The molecule has 21 heavy (non-hydrogen) atoms. The van der Waals surface area contributed by atoms with Gasteiger partial charge in [0.05, 0.1) is 13.5 Å². The van der Waals surface area contributed by atoms with Gasteiger partial charge >= 0.3 is 5.97 Å². The number of hydrogen-bond donors (Lipinski definition) is 1. The summed E-state index contributed by atoms with van der Waals surface area (Å²) >= 11 is 1.89. The summed E-state index contributed by atoms with van der Waals surface area (Å²) in [7, 11) is 1.62. The minimum Gasteiger partial charge on any atom is -0.493 e. The van der Waals surface area contributed by atoms with Crippen LogP contribution in [0, 0.1) is 0 Å². The first kappa shape index (κ1) is 16.0. The van der Waals surface area contributed by atoms with Crippen molar-refractivity contribution < 1.29 is 19.4 Å². The lowest BCUT2D eigenvalue weighted by molar-refractivity contribution is -0.138. The minimum absolute atomic E-state index is 0.0814. The van der Waals surface area contributed by atoms with Gasteiger partial charge in [-0.1, -0.05) is 19.9 Å². The van der Waals surface area contributed by atoms with Crippen LogP contribution in [0.1, 0.15) is 32.3 Å². The van der Waals surface area contributed by atoms with Gasteiger partial charge in [0, 0.05) is 11.2 Å². The molecule has 0 bridgehead atoms. The van der Waals surface area contributed by atoms with Crippen molar-refractivity contribution in [2.75, 3.05) is 18.6 Å². The van der Waals surface area contributed by atoms with Crippen LogP contribution >= 0.6 is 11.8 Å². The van der Waals surface area contributed by atoms with Crippen molar-refractivity contribution in [2.24, 2.45) is 0 Å². The van der Waals surface area contributed by atoms with Gasteiger partial charge in [-0.2, -0.15) is 11.8 Å². The zero-order chi connectivity index (χ0) is 15.5. The SMILES string of the molecule is COc1ccc(C(C)(C)CC(=O)O)cc1OC1CCSC1. The Morgan fingerprint density at radius 3 is 2.76 bits per heavy atom. The van der Waals surface area contributed by atoms with Crippen LogP contribution < -0.4 is 9.47 Å². The summed E-state index contributed by atoms with van der Waals surface area (Å²) in [6, 6.07) is 5.69. The first-order valence-electron chi connectivity index (χ1n) is 7.07. The third kappa shape index (κ3) is 4.06. The molecule has 1 aromatic rings. The van der Waals surface area contributed by atoms with Gasteiger partial charge in [0.2, 0.25) is 0 Å². The second kappa shape index (κ2) is 6.60. The summed E-state index contributed by atoms with van der Waals surface area (Å²) in [4.78, 5) is 11.0. The van der Waals surface area contributed by atoms with Crippen LogP contribution in [0.25, 0.3) is 0 Å². The number of ether oxygens (including phenoxy) is 2. The van der Waals surface area contributed by atoms with Crippen LogP contribution in [-0.4, -0.2) is 35.8 Å². The van der Waals surface area contributed by atoms with E-state index in [9.17, 15) is 4.79 Å². The maximum absolute atomic E-state index is 11.0. The van der Waals surface area contributed by atoms with E-state index in [2.05, 4.69) is 0 Å². The number of rotatable bonds is 6. The molecule has 1 atom stereocenters. The van der Waals surface area contributed by atoms with Crippen LogP contribution in [0.2, 0.25) is 0 Å². The van der Waals surface area contributed by atoms with E-state index in [0.717, 1.165) is 23.5 Å². The number of carbonyl (C=O) groups is 1. The standard InChI is InChI=1S/C16H22O4S/c1-16(2,9-15(17)18)11-4-5-13(19-3)14(8-11)20-12-6-7-21-10-12/h4-5,8,12H,6-7,9-10H2,1-3H3,(H,17,18). The van der Waals surface area contributed by atoms with Gasteiger partial charge in [0.25, 0.3) is 0 Å². The summed E-state index contributed by atoms with van der Waals surface area (Å²) in [5.41, 5.74) is 0.507. The van der Waals surface area contributed by atoms with Gasteiger partial charge in [0.1, 0.15) is 6.10 Å². The lowest BCUT2D eigenvalue weighted by Gasteiger charge is -2.25. The van der Waals surface area contributed by atoms with E-state index in [-0.39, 0.29) is 12.5 Å². The zero-order valence-corrected chi connectivity index (χ0v) is 13.5. The van der Waals surface area contributed by atoms with Gasteiger partial charge < -0.3 is 14.6 Å². The molecule has 0 saturated carbocycles. The topological polar surface area (TPSA) is 55.8 Å². The molecule has 1 N–H and O–H groups in total. The molecule has 1 aromatic carbocycles. The highest BCUT2D eigenvalue weighted by Crippen LogP contribution is 2.36. The molecule has 1 heterocycles. The Bertz CT molecular complexity index is 507. The van der Waals surface area contributed by atoms with Crippen LogP contribution in [0.3, 0.4) is 0 Å².